The Morgan fingerprint density at radius 3 is 2.10 bits per heavy atom. The molecule has 258 valence electrons. The molecule has 1 saturated carbocycles. The van der Waals surface area contributed by atoms with Crippen molar-refractivity contribution in [2.45, 2.75) is 187 Å². The number of nitrogens with zero attached hydrogens (tertiary/aromatic N) is 3. The second-order valence-electron chi connectivity index (χ2n) is 17.7. The SMILES string of the molecule is CCc1c([C@@H](CC)C2=C3[C@H]4[C@H](CC)[C@H](C)[C@H](c5c(CC)c6n7c5CC[C@@H]7CCC6)[C@@]4(CC)C4=CCC[C@@H](C2)N43)c2n3c1CCC[C@@H]3CC2. The van der Waals surface area contributed by atoms with Crippen LogP contribution in [-0.4, -0.2) is 20.1 Å². The third-order valence-corrected chi connectivity index (χ3v) is 16.5. The van der Waals surface area contributed by atoms with E-state index in [9.17, 15) is 0 Å². The predicted octanol–water partition coefficient (Wildman–Crippen LogP) is 11.0. The Labute approximate surface area is 291 Å². The summed E-state index contributed by atoms with van der Waals surface area (Å²) in [4.78, 5) is 3.09. The Balaban J connectivity index is 1.20. The van der Waals surface area contributed by atoms with Crippen molar-refractivity contribution in [1.29, 1.82) is 0 Å². The first-order valence-electron chi connectivity index (χ1n) is 21.3. The Hall–Kier alpha value is -2.16. The molecule has 8 aliphatic rings. The van der Waals surface area contributed by atoms with E-state index in [4.69, 9.17) is 0 Å². The highest BCUT2D eigenvalue weighted by Gasteiger charge is 2.69. The fourth-order valence-corrected chi connectivity index (χ4v) is 15.1. The van der Waals surface area contributed by atoms with Crippen LogP contribution in [0.15, 0.2) is 23.0 Å². The molecule has 0 aromatic carbocycles. The number of rotatable bonds is 8. The molecule has 0 bridgehead atoms. The highest BCUT2D eigenvalue weighted by atomic mass is 15.3. The van der Waals surface area contributed by atoms with Gasteiger partial charge in [-0.2, -0.15) is 0 Å². The van der Waals surface area contributed by atoms with E-state index < -0.39 is 0 Å². The molecular formula is C45H63N3. The highest BCUT2D eigenvalue weighted by molar-refractivity contribution is 5.56. The van der Waals surface area contributed by atoms with Gasteiger partial charge in [-0.05, 0) is 149 Å². The first kappa shape index (κ1) is 30.6. The van der Waals surface area contributed by atoms with Gasteiger partial charge in [-0.15, -0.1) is 0 Å². The van der Waals surface area contributed by atoms with E-state index in [1.807, 2.05) is 28.1 Å². The molecule has 7 aliphatic heterocycles. The van der Waals surface area contributed by atoms with Gasteiger partial charge in [0.05, 0.1) is 0 Å². The van der Waals surface area contributed by atoms with Gasteiger partial charge in [-0.1, -0.05) is 54.0 Å². The van der Waals surface area contributed by atoms with Gasteiger partial charge in [0, 0.05) is 75.5 Å². The minimum Gasteiger partial charge on any atom is -0.345 e. The average molecular weight is 646 g/mol. The van der Waals surface area contributed by atoms with Crippen LogP contribution < -0.4 is 0 Å². The van der Waals surface area contributed by atoms with E-state index in [2.05, 4.69) is 61.7 Å². The summed E-state index contributed by atoms with van der Waals surface area (Å²) in [5, 5.41) is 0. The van der Waals surface area contributed by atoms with Gasteiger partial charge in [0.25, 0.3) is 0 Å². The third kappa shape index (κ3) is 3.54. The van der Waals surface area contributed by atoms with E-state index in [1.165, 1.54) is 116 Å². The van der Waals surface area contributed by atoms with Gasteiger partial charge in [0.15, 0.2) is 0 Å². The summed E-state index contributed by atoms with van der Waals surface area (Å²) >= 11 is 0. The average Bonchev–Trinajstić information content (AvgIpc) is 3.96. The minimum absolute atomic E-state index is 0.254. The lowest BCUT2D eigenvalue weighted by atomic mass is 9.63. The van der Waals surface area contributed by atoms with Crippen LogP contribution in [0.5, 0.6) is 0 Å². The number of hydrogen-bond acceptors (Lipinski definition) is 1. The zero-order chi connectivity index (χ0) is 32.6. The lowest BCUT2D eigenvalue weighted by molar-refractivity contribution is 0.219. The quantitative estimate of drug-likeness (QED) is 0.278. The predicted molar refractivity (Wildman–Crippen MR) is 198 cm³/mol. The summed E-state index contributed by atoms with van der Waals surface area (Å²) in [7, 11) is 0. The molecule has 3 heteroatoms. The molecule has 0 amide bonds. The molecule has 48 heavy (non-hydrogen) atoms. The fraction of sp³-hybridized carbons (Fsp3) is 0.733. The molecule has 2 fully saturated rings. The molecule has 9 heterocycles. The van der Waals surface area contributed by atoms with Crippen LogP contribution in [0.25, 0.3) is 0 Å². The Morgan fingerprint density at radius 2 is 1.44 bits per heavy atom. The molecule has 2 aromatic heterocycles. The summed E-state index contributed by atoms with van der Waals surface area (Å²) in [6, 6.07) is 2.28. The first-order chi connectivity index (χ1) is 23.5. The smallest absolute Gasteiger partial charge is 0.0377 e. The van der Waals surface area contributed by atoms with E-state index in [0.29, 0.717) is 23.8 Å². The molecule has 1 saturated heterocycles. The third-order valence-electron chi connectivity index (χ3n) is 16.5. The van der Waals surface area contributed by atoms with Crippen molar-refractivity contribution in [2.75, 3.05) is 0 Å². The monoisotopic (exact) mass is 646 g/mol. The van der Waals surface area contributed by atoms with E-state index in [0.717, 1.165) is 23.9 Å². The lowest BCUT2D eigenvalue weighted by Gasteiger charge is -2.42. The molecule has 0 unspecified atom stereocenters. The lowest BCUT2D eigenvalue weighted by Crippen LogP contribution is -2.37. The van der Waals surface area contributed by atoms with E-state index in [-0.39, 0.29) is 5.41 Å². The summed E-state index contributed by atoms with van der Waals surface area (Å²) in [6.45, 7) is 15.4. The van der Waals surface area contributed by atoms with Crippen molar-refractivity contribution in [3.05, 3.63) is 68.1 Å². The zero-order valence-corrected chi connectivity index (χ0v) is 31.3. The summed E-state index contributed by atoms with van der Waals surface area (Å²) < 4.78 is 5.87. The molecule has 3 nitrogen and oxygen atoms in total. The van der Waals surface area contributed by atoms with Crippen molar-refractivity contribution >= 4 is 0 Å². The number of hydrogen-bond donors (Lipinski definition) is 0. The van der Waals surface area contributed by atoms with Crippen molar-refractivity contribution < 1.29 is 0 Å². The number of fused-ring (bicyclic) bond motifs is 3. The Kier molecular flexibility index (Phi) is 6.97. The number of aromatic nitrogens is 2. The van der Waals surface area contributed by atoms with Gasteiger partial charge >= 0.3 is 0 Å². The van der Waals surface area contributed by atoms with Crippen LogP contribution in [-0.2, 0) is 38.5 Å². The fourth-order valence-electron chi connectivity index (χ4n) is 15.1. The van der Waals surface area contributed by atoms with Gasteiger partial charge in [0.1, 0.15) is 0 Å². The van der Waals surface area contributed by atoms with Crippen LogP contribution in [0.3, 0.4) is 0 Å². The molecule has 9 atom stereocenters. The maximum atomic E-state index is 3.09. The number of allylic oxidation sites excluding steroid dienone is 3. The standard InChI is InChI=1S/C45H63N3/c1-7-30-26(6)42(41-33(10-4)36-19-13-16-28-22-24-38(41)47(28)36)45(11-5)39-20-14-17-29-25-34(44(43(30)45)48(29)39)31(8-2)40-32(9-3)35-18-12-15-27-21-23-37(40)46(27)35/h20,26-31,42-43H,7-19,21-25H2,1-6H3/t26-,27+,28-,29-,30+,31-,42+,43+,45+/m0/s1. The summed E-state index contributed by atoms with van der Waals surface area (Å²) in [5.41, 5.74) is 20.3. The maximum Gasteiger partial charge on any atom is 0.0377 e. The molecule has 10 rings (SSSR count). The molecule has 0 N–H and O–H groups in total. The van der Waals surface area contributed by atoms with E-state index in [1.54, 1.807) is 33.9 Å². The van der Waals surface area contributed by atoms with Crippen LogP contribution >= 0.6 is 0 Å². The van der Waals surface area contributed by atoms with Crippen molar-refractivity contribution in [3.8, 4) is 0 Å². The highest BCUT2D eigenvalue weighted by Crippen LogP contribution is 2.75. The van der Waals surface area contributed by atoms with Gasteiger partial charge in [-0.25, -0.2) is 0 Å². The summed E-state index contributed by atoms with van der Waals surface area (Å²) in [6.07, 6.45) is 26.8. The van der Waals surface area contributed by atoms with Gasteiger partial charge in [-0.3, -0.25) is 0 Å². The molecule has 2 aromatic rings. The van der Waals surface area contributed by atoms with Crippen molar-refractivity contribution in [2.24, 2.45) is 23.2 Å². The Morgan fingerprint density at radius 1 is 0.750 bits per heavy atom. The normalized spacial score (nSPS) is 36.1. The van der Waals surface area contributed by atoms with Crippen LogP contribution in [0, 0.1) is 23.2 Å². The topological polar surface area (TPSA) is 13.1 Å². The maximum absolute atomic E-state index is 3.09. The van der Waals surface area contributed by atoms with Crippen LogP contribution in [0.1, 0.15) is 188 Å². The minimum atomic E-state index is 0.254. The first-order valence-corrected chi connectivity index (χ1v) is 21.3. The molecule has 1 aliphatic carbocycles. The second-order valence-corrected chi connectivity index (χ2v) is 17.7. The van der Waals surface area contributed by atoms with Crippen LogP contribution in [0.4, 0.5) is 0 Å². The Bertz CT molecular complexity index is 1720. The molecular weight excluding hydrogens is 583 g/mol. The summed E-state index contributed by atoms with van der Waals surface area (Å²) in [5.74, 6) is 3.45. The van der Waals surface area contributed by atoms with Crippen molar-refractivity contribution in [3.63, 3.8) is 0 Å². The van der Waals surface area contributed by atoms with E-state index >= 15 is 0 Å². The molecule has 0 spiro atoms. The second kappa shape index (κ2) is 10.9. The van der Waals surface area contributed by atoms with Crippen LogP contribution in [0.2, 0.25) is 0 Å². The van der Waals surface area contributed by atoms with Gasteiger partial charge < -0.3 is 14.0 Å². The van der Waals surface area contributed by atoms with Crippen molar-refractivity contribution in [1.82, 2.24) is 14.0 Å². The van der Waals surface area contributed by atoms with Gasteiger partial charge in [0.2, 0.25) is 0 Å². The zero-order valence-electron chi connectivity index (χ0n) is 31.3. The molecule has 0 radical (unpaired) electrons. The largest absolute Gasteiger partial charge is 0.345 e.